The molecule has 1 saturated heterocycles. The van der Waals surface area contributed by atoms with E-state index in [1.807, 2.05) is 0 Å². The third-order valence-corrected chi connectivity index (χ3v) is 2.34. The maximum absolute atomic E-state index is 11.4. The van der Waals surface area contributed by atoms with Gasteiger partial charge in [0, 0.05) is 12.8 Å². The summed E-state index contributed by atoms with van der Waals surface area (Å²) in [5.41, 5.74) is -0.930. The van der Waals surface area contributed by atoms with Gasteiger partial charge in [0.05, 0.1) is 0 Å². The molecule has 14 heavy (non-hydrogen) atoms. The Morgan fingerprint density at radius 3 is 2.71 bits per heavy atom. The molecule has 0 saturated carbocycles. The Hall–Kier alpha value is -1.39. The van der Waals surface area contributed by atoms with E-state index in [2.05, 4.69) is 10.6 Å². The molecule has 0 aromatic heterocycles. The number of imide groups is 1. The number of rotatable bonds is 2. The maximum atomic E-state index is 11.4. The van der Waals surface area contributed by atoms with Crippen molar-refractivity contribution in [2.45, 2.75) is 38.6 Å². The van der Waals surface area contributed by atoms with Crippen molar-refractivity contribution in [2.24, 2.45) is 0 Å². The van der Waals surface area contributed by atoms with Crippen molar-refractivity contribution >= 4 is 17.7 Å². The zero-order valence-electron chi connectivity index (χ0n) is 8.35. The number of nitrogens with one attached hydrogen (secondary N) is 2. The average Bonchev–Trinajstić information content (AvgIpc) is 2.12. The first-order valence-corrected chi connectivity index (χ1v) is 4.63. The van der Waals surface area contributed by atoms with Crippen molar-refractivity contribution < 1.29 is 14.4 Å². The molecule has 0 spiro atoms. The largest absolute Gasteiger partial charge is 0.342 e. The van der Waals surface area contributed by atoms with Crippen LogP contribution in [-0.4, -0.2) is 23.3 Å². The highest BCUT2D eigenvalue weighted by molar-refractivity contribution is 6.04. The second kappa shape index (κ2) is 3.77. The molecule has 1 atom stereocenters. The number of hydrogen-bond acceptors (Lipinski definition) is 3. The third kappa shape index (κ3) is 2.10. The summed E-state index contributed by atoms with van der Waals surface area (Å²) >= 11 is 0. The molecular weight excluding hydrogens is 184 g/mol. The predicted octanol–water partition coefficient (Wildman–Crippen LogP) is -0.292. The first-order chi connectivity index (χ1) is 6.48. The quantitative estimate of drug-likeness (QED) is 0.598. The van der Waals surface area contributed by atoms with Crippen LogP contribution < -0.4 is 10.6 Å². The minimum absolute atomic E-state index is 0.183. The summed E-state index contributed by atoms with van der Waals surface area (Å²) in [5, 5.41) is 4.82. The van der Waals surface area contributed by atoms with E-state index in [4.69, 9.17) is 0 Å². The molecule has 0 bridgehead atoms. The Labute approximate surface area is 82.2 Å². The number of hydrogen-bond donors (Lipinski definition) is 2. The number of amides is 3. The zero-order chi connectivity index (χ0) is 10.8. The lowest BCUT2D eigenvalue weighted by atomic mass is 9.91. The number of carbonyl (C=O) groups is 3. The fourth-order valence-electron chi connectivity index (χ4n) is 1.32. The topological polar surface area (TPSA) is 75.3 Å². The van der Waals surface area contributed by atoms with E-state index in [-0.39, 0.29) is 18.2 Å². The summed E-state index contributed by atoms with van der Waals surface area (Å²) in [6.07, 6.45) is 0.965. The van der Waals surface area contributed by atoms with E-state index >= 15 is 0 Å². The van der Waals surface area contributed by atoms with Crippen LogP contribution in [0.4, 0.5) is 0 Å². The van der Waals surface area contributed by atoms with Gasteiger partial charge in [-0.2, -0.15) is 0 Å². The summed E-state index contributed by atoms with van der Waals surface area (Å²) in [7, 11) is 0. The van der Waals surface area contributed by atoms with Crippen LogP contribution in [0.2, 0.25) is 0 Å². The minimum atomic E-state index is -0.930. The molecule has 5 nitrogen and oxygen atoms in total. The second-order valence-corrected chi connectivity index (χ2v) is 3.61. The van der Waals surface area contributed by atoms with E-state index in [0.717, 1.165) is 0 Å². The van der Waals surface area contributed by atoms with Crippen LogP contribution in [0.25, 0.3) is 0 Å². The Kier molecular flexibility index (Phi) is 2.88. The fraction of sp³-hybridized carbons (Fsp3) is 0.667. The maximum Gasteiger partial charge on any atom is 0.252 e. The van der Waals surface area contributed by atoms with Crippen molar-refractivity contribution in [2.75, 3.05) is 0 Å². The van der Waals surface area contributed by atoms with Crippen LogP contribution in [-0.2, 0) is 14.4 Å². The first kappa shape index (κ1) is 10.7. The van der Waals surface area contributed by atoms with Crippen molar-refractivity contribution in [1.29, 1.82) is 0 Å². The summed E-state index contributed by atoms with van der Waals surface area (Å²) in [6, 6.07) is 0. The highest BCUT2D eigenvalue weighted by Crippen LogP contribution is 2.17. The molecule has 0 aromatic carbocycles. The SMILES string of the molecule is CCC(=O)N[C@]1(C)CCC(=O)NC1=O. The van der Waals surface area contributed by atoms with Gasteiger partial charge in [0.1, 0.15) is 5.54 Å². The van der Waals surface area contributed by atoms with Gasteiger partial charge in [-0.1, -0.05) is 6.92 Å². The molecule has 3 amide bonds. The molecule has 1 rings (SSSR count). The van der Waals surface area contributed by atoms with Crippen LogP contribution >= 0.6 is 0 Å². The average molecular weight is 198 g/mol. The first-order valence-electron chi connectivity index (χ1n) is 4.63. The normalized spacial score (nSPS) is 27.0. The van der Waals surface area contributed by atoms with Crippen LogP contribution in [0.3, 0.4) is 0 Å². The molecular formula is C9H14N2O3. The summed E-state index contributed by atoms with van der Waals surface area (Å²) < 4.78 is 0. The summed E-state index contributed by atoms with van der Waals surface area (Å²) in [5.74, 6) is -0.884. The molecule has 0 radical (unpaired) electrons. The van der Waals surface area contributed by atoms with Crippen molar-refractivity contribution in [3.8, 4) is 0 Å². The van der Waals surface area contributed by atoms with Gasteiger partial charge in [-0.05, 0) is 13.3 Å². The summed E-state index contributed by atoms with van der Waals surface area (Å²) in [6.45, 7) is 3.34. The van der Waals surface area contributed by atoms with Crippen molar-refractivity contribution in [3.05, 3.63) is 0 Å². The van der Waals surface area contributed by atoms with Gasteiger partial charge in [-0.3, -0.25) is 19.7 Å². The Balaban J connectivity index is 2.69. The van der Waals surface area contributed by atoms with E-state index in [0.29, 0.717) is 12.8 Å². The third-order valence-electron chi connectivity index (χ3n) is 2.34. The molecule has 1 heterocycles. The van der Waals surface area contributed by atoms with Crippen LogP contribution in [0.5, 0.6) is 0 Å². The number of piperidine rings is 1. The van der Waals surface area contributed by atoms with Gasteiger partial charge in [-0.25, -0.2) is 0 Å². The Morgan fingerprint density at radius 2 is 2.21 bits per heavy atom. The standard InChI is InChI=1S/C9H14N2O3/c1-3-6(12)11-9(2)5-4-7(13)10-8(9)14/h3-5H2,1-2H3,(H,11,12)(H,10,13,14)/t9-/m1/s1. The van der Waals surface area contributed by atoms with Gasteiger partial charge >= 0.3 is 0 Å². The molecule has 0 aromatic rings. The lowest BCUT2D eigenvalue weighted by Crippen LogP contribution is -2.61. The Morgan fingerprint density at radius 1 is 1.57 bits per heavy atom. The Bertz CT molecular complexity index is 288. The van der Waals surface area contributed by atoms with Crippen LogP contribution in [0.1, 0.15) is 33.1 Å². The zero-order valence-corrected chi connectivity index (χ0v) is 8.35. The van der Waals surface area contributed by atoms with E-state index < -0.39 is 11.4 Å². The lowest BCUT2D eigenvalue weighted by molar-refractivity contribution is -0.141. The monoisotopic (exact) mass is 198 g/mol. The van der Waals surface area contributed by atoms with Gasteiger partial charge in [0.25, 0.3) is 5.91 Å². The highest BCUT2D eigenvalue weighted by atomic mass is 16.2. The van der Waals surface area contributed by atoms with E-state index in [1.54, 1.807) is 13.8 Å². The predicted molar refractivity (Wildman–Crippen MR) is 49.2 cm³/mol. The number of carbonyl (C=O) groups excluding carboxylic acids is 3. The van der Waals surface area contributed by atoms with E-state index in [9.17, 15) is 14.4 Å². The molecule has 1 aliphatic heterocycles. The van der Waals surface area contributed by atoms with E-state index in [1.165, 1.54) is 0 Å². The highest BCUT2D eigenvalue weighted by Gasteiger charge is 2.39. The molecule has 1 fully saturated rings. The molecule has 5 heteroatoms. The van der Waals surface area contributed by atoms with Gasteiger partial charge in [-0.15, -0.1) is 0 Å². The minimum Gasteiger partial charge on any atom is -0.342 e. The molecule has 0 unspecified atom stereocenters. The van der Waals surface area contributed by atoms with Crippen molar-refractivity contribution in [3.63, 3.8) is 0 Å². The van der Waals surface area contributed by atoms with Crippen LogP contribution in [0.15, 0.2) is 0 Å². The van der Waals surface area contributed by atoms with Gasteiger partial charge in [0.2, 0.25) is 11.8 Å². The van der Waals surface area contributed by atoms with Gasteiger partial charge < -0.3 is 5.32 Å². The second-order valence-electron chi connectivity index (χ2n) is 3.61. The molecule has 78 valence electrons. The smallest absolute Gasteiger partial charge is 0.252 e. The molecule has 2 N–H and O–H groups in total. The van der Waals surface area contributed by atoms with Gasteiger partial charge in [0.15, 0.2) is 0 Å². The lowest BCUT2D eigenvalue weighted by Gasteiger charge is -2.32. The summed E-state index contributed by atoms with van der Waals surface area (Å²) in [4.78, 5) is 33.4. The molecule has 1 aliphatic rings. The molecule has 0 aliphatic carbocycles. The fourth-order valence-corrected chi connectivity index (χ4v) is 1.32. The van der Waals surface area contributed by atoms with Crippen LogP contribution in [0, 0.1) is 0 Å². The van der Waals surface area contributed by atoms with Crippen molar-refractivity contribution in [1.82, 2.24) is 10.6 Å².